The van der Waals surface area contributed by atoms with Crippen molar-refractivity contribution in [3.63, 3.8) is 0 Å². The third-order valence-electron chi connectivity index (χ3n) is 5.45. The molecule has 0 saturated heterocycles. The summed E-state index contributed by atoms with van der Waals surface area (Å²) in [4.78, 5) is 0. The van der Waals surface area contributed by atoms with Crippen molar-refractivity contribution in [1.29, 1.82) is 0 Å². The fourth-order valence-corrected chi connectivity index (χ4v) is 4.11. The molecule has 2 heteroatoms. The van der Waals surface area contributed by atoms with E-state index < -0.39 is 0 Å². The first-order chi connectivity index (χ1) is 9.74. The van der Waals surface area contributed by atoms with E-state index >= 15 is 0 Å². The van der Waals surface area contributed by atoms with Crippen LogP contribution in [-0.4, -0.2) is 6.04 Å². The van der Waals surface area contributed by atoms with E-state index in [0.717, 1.165) is 18.3 Å². The molecule has 1 N–H and O–H groups in total. The molecule has 0 aromatic carbocycles. The van der Waals surface area contributed by atoms with Crippen LogP contribution in [0.15, 0.2) is 16.7 Å². The number of fused-ring (bicyclic) bond motifs is 1. The molecule has 0 spiro atoms. The number of nitrogens with one attached hydrogen (secondary N) is 1. The monoisotopic (exact) mass is 275 g/mol. The average molecular weight is 275 g/mol. The minimum atomic E-state index is 0.540. The maximum atomic E-state index is 5.61. The largest absolute Gasteiger partial charge is 0.469 e. The predicted octanol–water partition coefficient (Wildman–Crippen LogP) is 4.85. The molecule has 1 aromatic heterocycles. The summed E-state index contributed by atoms with van der Waals surface area (Å²) < 4.78 is 5.61. The molecular weight excluding hydrogens is 246 g/mol. The smallest absolute Gasteiger partial charge is 0.108 e. The van der Waals surface area contributed by atoms with Crippen molar-refractivity contribution in [2.24, 2.45) is 11.8 Å². The van der Waals surface area contributed by atoms with Gasteiger partial charge >= 0.3 is 0 Å². The molecule has 3 rings (SSSR count). The maximum Gasteiger partial charge on any atom is 0.108 e. The van der Waals surface area contributed by atoms with Crippen LogP contribution in [0.4, 0.5) is 0 Å². The van der Waals surface area contributed by atoms with Crippen LogP contribution >= 0.6 is 0 Å². The van der Waals surface area contributed by atoms with Gasteiger partial charge in [0.1, 0.15) is 5.76 Å². The van der Waals surface area contributed by atoms with E-state index in [9.17, 15) is 0 Å². The molecule has 112 valence electrons. The second kappa shape index (κ2) is 6.34. The Morgan fingerprint density at radius 3 is 2.85 bits per heavy atom. The zero-order valence-electron chi connectivity index (χ0n) is 13.0. The van der Waals surface area contributed by atoms with E-state index in [4.69, 9.17) is 4.42 Å². The molecule has 0 radical (unpaired) electrons. The summed E-state index contributed by atoms with van der Waals surface area (Å²) in [5.74, 6) is 3.02. The van der Waals surface area contributed by atoms with Crippen molar-refractivity contribution in [2.45, 2.75) is 77.3 Å². The number of aryl methyl sites for hydroxylation is 1. The summed E-state index contributed by atoms with van der Waals surface area (Å²) in [6.45, 7) is 4.77. The zero-order valence-corrected chi connectivity index (χ0v) is 13.0. The highest BCUT2D eigenvalue weighted by Crippen LogP contribution is 2.34. The first-order valence-electron chi connectivity index (χ1n) is 8.56. The first-order valence-corrected chi connectivity index (χ1v) is 8.56. The molecule has 1 saturated carbocycles. The lowest BCUT2D eigenvalue weighted by atomic mass is 9.89. The van der Waals surface area contributed by atoms with Crippen molar-refractivity contribution < 1.29 is 4.42 Å². The Morgan fingerprint density at radius 2 is 2.00 bits per heavy atom. The van der Waals surface area contributed by atoms with Crippen molar-refractivity contribution in [3.05, 3.63) is 23.7 Å². The SMILES string of the molecule is CC(C)C1CCCC(NC2CCCc3occc32)CC1. The second-order valence-corrected chi connectivity index (χ2v) is 7.12. The topological polar surface area (TPSA) is 25.2 Å². The maximum absolute atomic E-state index is 5.61. The Labute approximate surface area is 123 Å². The van der Waals surface area contributed by atoms with Gasteiger partial charge in [-0.05, 0) is 50.0 Å². The fraction of sp³-hybridized carbons (Fsp3) is 0.778. The quantitative estimate of drug-likeness (QED) is 0.798. The molecule has 1 fully saturated rings. The molecule has 0 bridgehead atoms. The zero-order chi connectivity index (χ0) is 13.9. The number of hydrogen-bond donors (Lipinski definition) is 1. The normalized spacial score (nSPS) is 31.1. The predicted molar refractivity (Wildman–Crippen MR) is 82.7 cm³/mol. The summed E-state index contributed by atoms with van der Waals surface area (Å²) in [5.41, 5.74) is 1.43. The average Bonchev–Trinajstić information content (AvgIpc) is 2.79. The van der Waals surface area contributed by atoms with Gasteiger partial charge in [0.2, 0.25) is 0 Å². The number of hydrogen-bond acceptors (Lipinski definition) is 2. The van der Waals surface area contributed by atoms with Crippen LogP contribution in [0.1, 0.15) is 76.2 Å². The van der Waals surface area contributed by atoms with E-state index in [1.807, 2.05) is 6.26 Å². The molecule has 2 aliphatic rings. The third kappa shape index (κ3) is 3.11. The third-order valence-corrected chi connectivity index (χ3v) is 5.45. The van der Waals surface area contributed by atoms with E-state index in [1.165, 1.54) is 56.3 Å². The van der Waals surface area contributed by atoms with E-state index in [0.29, 0.717) is 12.1 Å². The van der Waals surface area contributed by atoms with Crippen molar-refractivity contribution in [3.8, 4) is 0 Å². The van der Waals surface area contributed by atoms with Crippen LogP contribution in [0.25, 0.3) is 0 Å². The molecular formula is C18H29NO. The van der Waals surface area contributed by atoms with Gasteiger partial charge in [0.15, 0.2) is 0 Å². The summed E-state index contributed by atoms with van der Waals surface area (Å²) in [7, 11) is 0. The molecule has 1 aromatic rings. The molecule has 3 atom stereocenters. The highest BCUT2D eigenvalue weighted by molar-refractivity contribution is 5.24. The van der Waals surface area contributed by atoms with Crippen molar-refractivity contribution >= 4 is 0 Å². The van der Waals surface area contributed by atoms with Gasteiger partial charge in [0.25, 0.3) is 0 Å². The molecule has 2 aliphatic carbocycles. The Balaban J connectivity index is 1.59. The van der Waals surface area contributed by atoms with Crippen molar-refractivity contribution in [1.82, 2.24) is 5.32 Å². The summed E-state index contributed by atoms with van der Waals surface area (Å²) in [6, 6.07) is 3.43. The highest BCUT2D eigenvalue weighted by Gasteiger charge is 2.27. The van der Waals surface area contributed by atoms with Gasteiger partial charge < -0.3 is 9.73 Å². The Morgan fingerprint density at radius 1 is 1.10 bits per heavy atom. The lowest BCUT2D eigenvalue weighted by Crippen LogP contribution is -2.34. The number of rotatable bonds is 3. The van der Waals surface area contributed by atoms with E-state index in [1.54, 1.807) is 0 Å². The van der Waals surface area contributed by atoms with Crippen LogP contribution in [0.5, 0.6) is 0 Å². The molecule has 1 heterocycles. The van der Waals surface area contributed by atoms with Gasteiger partial charge in [-0.1, -0.05) is 26.7 Å². The summed E-state index contributed by atoms with van der Waals surface area (Å²) >= 11 is 0. The Bertz CT molecular complexity index is 423. The molecule has 3 unspecified atom stereocenters. The summed E-state index contributed by atoms with van der Waals surface area (Å²) in [5, 5.41) is 3.94. The van der Waals surface area contributed by atoms with Crippen LogP contribution in [-0.2, 0) is 6.42 Å². The van der Waals surface area contributed by atoms with Gasteiger partial charge in [-0.25, -0.2) is 0 Å². The van der Waals surface area contributed by atoms with Crippen molar-refractivity contribution in [2.75, 3.05) is 0 Å². The minimum absolute atomic E-state index is 0.540. The van der Waals surface area contributed by atoms with E-state index in [2.05, 4.69) is 25.2 Å². The number of furan rings is 1. The molecule has 20 heavy (non-hydrogen) atoms. The summed E-state index contributed by atoms with van der Waals surface area (Å²) in [6.07, 6.45) is 12.5. The van der Waals surface area contributed by atoms with Gasteiger partial charge in [-0.2, -0.15) is 0 Å². The Kier molecular flexibility index (Phi) is 4.50. The molecule has 2 nitrogen and oxygen atoms in total. The lowest BCUT2D eigenvalue weighted by Gasteiger charge is -2.28. The van der Waals surface area contributed by atoms with Crippen LogP contribution in [0.2, 0.25) is 0 Å². The van der Waals surface area contributed by atoms with Gasteiger partial charge in [0, 0.05) is 24.1 Å². The first kappa shape index (κ1) is 14.2. The minimum Gasteiger partial charge on any atom is -0.469 e. The van der Waals surface area contributed by atoms with E-state index in [-0.39, 0.29) is 0 Å². The van der Waals surface area contributed by atoms with Gasteiger partial charge in [0.05, 0.1) is 6.26 Å². The Hall–Kier alpha value is -0.760. The highest BCUT2D eigenvalue weighted by atomic mass is 16.3. The van der Waals surface area contributed by atoms with Gasteiger partial charge in [-0.15, -0.1) is 0 Å². The molecule has 0 aliphatic heterocycles. The van der Waals surface area contributed by atoms with Gasteiger partial charge in [-0.3, -0.25) is 0 Å². The molecule has 0 amide bonds. The van der Waals surface area contributed by atoms with Crippen LogP contribution < -0.4 is 5.32 Å². The standard InChI is InChI=1S/C18H29NO/c1-13(2)14-5-3-6-15(10-9-14)19-17-7-4-8-18-16(17)11-12-20-18/h11-15,17,19H,3-10H2,1-2H3. The van der Waals surface area contributed by atoms with Crippen LogP contribution in [0.3, 0.4) is 0 Å². The second-order valence-electron chi connectivity index (χ2n) is 7.12. The lowest BCUT2D eigenvalue weighted by molar-refractivity contribution is 0.326. The fourth-order valence-electron chi connectivity index (χ4n) is 4.11. The van der Waals surface area contributed by atoms with Crippen LogP contribution in [0, 0.1) is 11.8 Å².